The van der Waals surface area contributed by atoms with E-state index >= 15 is 0 Å². The monoisotopic (exact) mass is 259 g/mol. The first-order valence-corrected chi connectivity index (χ1v) is 7.43. The molecule has 1 saturated heterocycles. The second-order valence-corrected chi connectivity index (χ2v) is 6.17. The van der Waals surface area contributed by atoms with Gasteiger partial charge in [-0.2, -0.15) is 0 Å². The van der Waals surface area contributed by atoms with E-state index in [2.05, 4.69) is 20.2 Å². The highest BCUT2D eigenvalue weighted by molar-refractivity contribution is 5.46. The van der Waals surface area contributed by atoms with E-state index in [9.17, 15) is 0 Å². The van der Waals surface area contributed by atoms with Crippen LogP contribution in [-0.4, -0.2) is 40.0 Å². The van der Waals surface area contributed by atoms with E-state index < -0.39 is 0 Å². The summed E-state index contributed by atoms with van der Waals surface area (Å²) in [7, 11) is 0. The van der Waals surface area contributed by atoms with Crippen LogP contribution < -0.4 is 11.1 Å². The van der Waals surface area contributed by atoms with Crippen molar-refractivity contribution >= 4 is 11.6 Å². The van der Waals surface area contributed by atoms with Crippen LogP contribution in [0.3, 0.4) is 0 Å². The number of hydrogen-bond acceptors (Lipinski definition) is 5. The minimum Gasteiger partial charge on any atom is -0.384 e. The van der Waals surface area contributed by atoms with E-state index in [4.69, 9.17) is 5.73 Å². The summed E-state index contributed by atoms with van der Waals surface area (Å²) in [6, 6.07) is 3.25. The van der Waals surface area contributed by atoms with Gasteiger partial charge in [0.2, 0.25) is 0 Å². The normalized spacial score (nSPS) is 27.7. The van der Waals surface area contributed by atoms with Crippen LogP contribution in [0.2, 0.25) is 0 Å². The molecule has 3 N–H and O–H groups in total. The zero-order chi connectivity index (χ0) is 12.8. The third-order valence-electron chi connectivity index (χ3n) is 4.34. The Balaban J connectivity index is 1.44. The predicted molar refractivity (Wildman–Crippen MR) is 75.0 cm³/mol. The molecule has 1 aromatic heterocycles. The Kier molecular flexibility index (Phi) is 2.62. The molecule has 0 aromatic carbocycles. The lowest BCUT2D eigenvalue weighted by atomic mass is 10.2. The number of anilines is 2. The molecule has 0 radical (unpaired) electrons. The van der Waals surface area contributed by atoms with Crippen LogP contribution in [-0.2, 0) is 0 Å². The van der Waals surface area contributed by atoms with Crippen molar-refractivity contribution in [3.05, 3.63) is 11.9 Å². The smallest absolute Gasteiger partial charge is 0.136 e. The maximum Gasteiger partial charge on any atom is 0.136 e. The molecule has 0 spiro atoms. The summed E-state index contributed by atoms with van der Waals surface area (Å²) in [6.07, 6.45) is 6.40. The summed E-state index contributed by atoms with van der Waals surface area (Å²) in [5.41, 5.74) is 5.88. The molecule has 2 heterocycles. The SMILES string of the molecule is Nc1cc(NC2CCN(C3CC3)C2)nc(C2CC2)n1. The minimum atomic E-state index is 0.516. The second kappa shape index (κ2) is 4.34. The summed E-state index contributed by atoms with van der Waals surface area (Å²) in [5.74, 6) is 2.99. The fourth-order valence-electron chi connectivity index (χ4n) is 2.97. The third-order valence-corrected chi connectivity index (χ3v) is 4.34. The highest BCUT2D eigenvalue weighted by Crippen LogP contribution is 2.38. The van der Waals surface area contributed by atoms with Crippen molar-refractivity contribution in [3.63, 3.8) is 0 Å². The van der Waals surface area contributed by atoms with Gasteiger partial charge in [0.25, 0.3) is 0 Å². The highest BCUT2D eigenvalue weighted by Gasteiger charge is 2.34. The Morgan fingerprint density at radius 2 is 2.00 bits per heavy atom. The fraction of sp³-hybridized carbons (Fsp3) is 0.714. The van der Waals surface area contributed by atoms with Crippen LogP contribution in [0.25, 0.3) is 0 Å². The topological polar surface area (TPSA) is 67.1 Å². The van der Waals surface area contributed by atoms with Crippen LogP contribution in [0, 0.1) is 0 Å². The van der Waals surface area contributed by atoms with E-state index in [1.807, 2.05) is 6.07 Å². The van der Waals surface area contributed by atoms with E-state index in [1.165, 1.54) is 38.6 Å². The van der Waals surface area contributed by atoms with Crippen LogP contribution >= 0.6 is 0 Å². The van der Waals surface area contributed by atoms with Gasteiger partial charge in [0, 0.05) is 37.2 Å². The Bertz CT molecular complexity index is 481. The zero-order valence-corrected chi connectivity index (χ0v) is 11.2. The first kappa shape index (κ1) is 11.5. The highest BCUT2D eigenvalue weighted by atomic mass is 15.2. The Labute approximate surface area is 113 Å². The molecule has 0 amide bonds. The molecule has 1 aliphatic heterocycles. The maximum atomic E-state index is 5.88. The van der Waals surface area contributed by atoms with Gasteiger partial charge >= 0.3 is 0 Å². The lowest BCUT2D eigenvalue weighted by Gasteiger charge is -2.16. The van der Waals surface area contributed by atoms with Crippen molar-refractivity contribution < 1.29 is 0 Å². The van der Waals surface area contributed by atoms with Crippen molar-refractivity contribution in [2.24, 2.45) is 0 Å². The van der Waals surface area contributed by atoms with Gasteiger partial charge in [-0.25, -0.2) is 9.97 Å². The number of rotatable bonds is 4. The van der Waals surface area contributed by atoms with Gasteiger partial charge in [0.05, 0.1) is 0 Å². The van der Waals surface area contributed by atoms with Crippen molar-refractivity contribution in [1.29, 1.82) is 0 Å². The molecule has 4 rings (SSSR count). The molecule has 1 aromatic rings. The van der Waals surface area contributed by atoms with Crippen molar-refractivity contribution in [2.45, 2.75) is 50.1 Å². The van der Waals surface area contributed by atoms with E-state index in [1.54, 1.807) is 0 Å². The Hall–Kier alpha value is -1.36. The number of hydrogen-bond donors (Lipinski definition) is 2. The van der Waals surface area contributed by atoms with Gasteiger partial charge in [-0.3, -0.25) is 4.90 Å². The van der Waals surface area contributed by atoms with Gasteiger partial charge in [-0.05, 0) is 32.1 Å². The molecule has 5 heteroatoms. The molecule has 0 bridgehead atoms. The van der Waals surface area contributed by atoms with Crippen molar-refractivity contribution in [2.75, 3.05) is 24.1 Å². The van der Waals surface area contributed by atoms with Gasteiger partial charge in [-0.1, -0.05) is 0 Å². The first-order chi connectivity index (χ1) is 9.28. The molecule has 2 saturated carbocycles. The third kappa shape index (κ3) is 2.52. The Morgan fingerprint density at radius 1 is 1.16 bits per heavy atom. The summed E-state index contributed by atoms with van der Waals surface area (Å²) in [4.78, 5) is 11.6. The molecular weight excluding hydrogens is 238 g/mol. The van der Waals surface area contributed by atoms with Crippen LogP contribution in [0.5, 0.6) is 0 Å². The quantitative estimate of drug-likeness (QED) is 0.859. The molecule has 1 unspecified atom stereocenters. The minimum absolute atomic E-state index is 0.516. The van der Waals surface area contributed by atoms with E-state index in [0.717, 1.165) is 24.2 Å². The Morgan fingerprint density at radius 3 is 2.74 bits per heavy atom. The average Bonchev–Trinajstić information content (AvgIpc) is 3.28. The summed E-state index contributed by atoms with van der Waals surface area (Å²) < 4.78 is 0. The number of nitrogens with zero attached hydrogens (tertiary/aromatic N) is 3. The van der Waals surface area contributed by atoms with Crippen LogP contribution in [0.1, 0.15) is 43.8 Å². The number of nitrogen functional groups attached to an aromatic ring is 1. The molecule has 5 nitrogen and oxygen atoms in total. The van der Waals surface area contributed by atoms with Crippen molar-refractivity contribution in [3.8, 4) is 0 Å². The number of nitrogens with one attached hydrogen (secondary N) is 1. The lowest BCUT2D eigenvalue weighted by Crippen LogP contribution is -2.28. The molecule has 3 fully saturated rings. The molecule has 19 heavy (non-hydrogen) atoms. The maximum absolute atomic E-state index is 5.88. The molecular formula is C14H21N5. The van der Waals surface area contributed by atoms with Crippen molar-refractivity contribution in [1.82, 2.24) is 14.9 Å². The van der Waals surface area contributed by atoms with Gasteiger partial charge in [-0.15, -0.1) is 0 Å². The number of likely N-dealkylation sites (tertiary alicyclic amines) is 1. The summed E-state index contributed by atoms with van der Waals surface area (Å²) in [5, 5.41) is 3.54. The van der Waals surface area contributed by atoms with Crippen LogP contribution in [0.4, 0.5) is 11.6 Å². The molecule has 3 aliphatic rings. The summed E-state index contributed by atoms with van der Waals surface area (Å²) in [6.45, 7) is 2.37. The first-order valence-electron chi connectivity index (χ1n) is 7.43. The van der Waals surface area contributed by atoms with E-state index in [0.29, 0.717) is 17.8 Å². The zero-order valence-electron chi connectivity index (χ0n) is 11.2. The average molecular weight is 259 g/mol. The fourth-order valence-corrected chi connectivity index (χ4v) is 2.97. The van der Waals surface area contributed by atoms with Gasteiger partial charge in [0.15, 0.2) is 0 Å². The second-order valence-electron chi connectivity index (χ2n) is 6.17. The van der Waals surface area contributed by atoms with E-state index in [-0.39, 0.29) is 0 Å². The summed E-state index contributed by atoms with van der Waals surface area (Å²) >= 11 is 0. The largest absolute Gasteiger partial charge is 0.384 e. The standard InChI is InChI=1S/C14H21N5/c15-12-7-13(18-14(17-12)9-1-2-9)16-10-5-6-19(8-10)11-3-4-11/h7,9-11H,1-6,8H2,(H3,15,16,17,18). The lowest BCUT2D eigenvalue weighted by molar-refractivity contribution is 0.326. The molecule has 1 atom stereocenters. The molecule has 102 valence electrons. The van der Waals surface area contributed by atoms with Gasteiger partial charge < -0.3 is 11.1 Å². The predicted octanol–water partition coefficient (Wildman–Crippen LogP) is 1.58. The number of aromatic nitrogens is 2. The van der Waals surface area contributed by atoms with Gasteiger partial charge in [0.1, 0.15) is 17.5 Å². The number of nitrogens with two attached hydrogens (primary N) is 1. The molecule has 2 aliphatic carbocycles. The van der Waals surface area contributed by atoms with Crippen LogP contribution in [0.15, 0.2) is 6.07 Å².